The molecule has 120 valence electrons. The van der Waals surface area contributed by atoms with Gasteiger partial charge in [-0.05, 0) is 29.8 Å². The maximum atomic E-state index is 12.6. The van der Waals surface area contributed by atoms with E-state index in [1.54, 1.807) is 24.3 Å². The van der Waals surface area contributed by atoms with Crippen LogP contribution in [0.3, 0.4) is 0 Å². The predicted octanol–water partition coefficient (Wildman–Crippen LogP) is 4.71. The third kappa shape index (κ3) is 4.43. The highest BCUT2D eigenvalue weighted by Gasteiger charge is 2.33. The van der Waals surface area contributed by atoms with Gasteiger partial charge in [-0.15, -0.1) is 0 Å². The fraction of sp³-hybridized carbons (Fsp3) is 0.0714. The number of nitrogens with one attached hydrogen (secondary N) is 1. The molecule has 5 nitrogen and oxygen atoms in total. The summed E-state index contributed by atoms with van der Waals surface area (Å²) in [5.41, 5.74) is 1.01. The third-order valence-electron chi connectivity index (χ3n) is 2.77. The van der Waals surface area contributed by atoms with Gasteiger partial charge < -0.3 is 0 Å². The maximum absolute atomic E-state index is 12.6. The van der Waals surface area contributed by atoms with Gasteiger partial charge in [0.1, 0.15) is 5.69 Å². The van der Waals surface area contributed by atoms with Gasteiger partial charge in [0.15, 0.2) is 0 Å². The zero-order valence-electron chi connectivity index (χ0n) is 11.3. The topological polar surface area (TPSA) is 67.5 Å². The normalized spacial score (nSPS) is 11.7. The lowest BCUT2D eigenvalue weighted by Gasteiger charge is -2.08. The molecule has 0 spiro atoms. The van der Waals surface area contributed by atoms with Gasteiger partial charge in [-0.2, -0.15) is 18.3 Å². The summed E-state index contributed by atoms with van der Waals surface area (Å²) in [5.74, 6) is 0. The van der Waals surface area contributed by atoms with E-state index < -0.39 is 22.4 Å². The Labute approximate surface area is 133 Å². The average Bonchev–Trinajstić information content (AvgIpc) is 2.46. The Bertz CT molecular complexity index is 763. The first-order valence-electron chi connectivity index (χ1n) is 6.17. The lowest BCUT2D eigenvalue weighted by atomic mass is 10.1. The smallest absolute Gasteiger partial charge is 0.272 e. The molecule has 0 aromatic heterocycles. The fourth-order valence-corrected chi connectivity index (χ4v) is 1.92. The van der Waals surface area contributed by atoms with Crippen molar-refractivity contribution in [1.82, 2.24) is 0 Å². The van der Waals surface area contributed by atoms with Crippen molar-refractivity contribution in [3.8, 4) is 0 Å². The fourth-order valence-electron chi connectivity index (χ4n) is 1.72. The monoisotopic (exact) mass is 343 g/mol. The molecule has 0 saturated carbocycles. The zero-order chi connectivity index (χ0) is 17.0. The first-order valence-corrected chi connectivity index (χ1v) is 6.55. The van der Waals surface area contributed by atoms with Crippen LogP contribution in [0.2, 0.25) is 5.02 Å². The van der Waals surface area contributed by atoms with Crippen LogP contribution in [-0.4, -0.2) is 11.1 Å². The second-order valence-electron chi connectivity index (χ2n) is 4.41. The number of alkyl halides is 3. The summed E-state index contributed by atoms with van der Waals surface area (Å²) < 4.78 is 37.8. The van der Waals surface area contributed by atoms with Gasteiger partial charge in [-0.25, -0.2) is 0 Å². The second-order valence-corrected chi connectivity index (χ2v) is 4.85. The molecule has 1 N–H and O–H groups in total. The molecule has 2 aromatic rings. The molecule has 0 aliphatic carbocycles. The van der Waals surface area contributed by atoms with Crippen molar-refractivity contribution >= 4 is 29.2 Å². The number of halogens is 4. The van der Waals surface area contributed by atoms with Crippen molar-refractivity contribution in [2.24, 2.45) is 5.10 Å². The van der Waals surface area contributed by atoms with Crippen LogP contribution < -0.4 is 5.43 Å². The SMILES string of the molecule is O=[N+]([O-])c1cc(C(F)(F)F)ccc1N/N=C\c1cccc(Cl)c1. The van der Waals surface area contributed by atoms with Crippen LogP contribution in [0.25, 0.3) is 0 Å². The highest BCUT2D eigenvalue weighted by atomic mass is 35.5. The molecule has 2 rings (SSSR count). The van der Waals surface area contributed by atoms with Gasteiger partial charge in [-0.1, -0.05) is 23.7 Å². The summed E-state index contributed by atoms with van der Waals surface area (Å²) in [6.07, 6.45) is -3.32. The number of nitro groups is 1. The van der Waals surface area contributed by atoms with Crippen LogP contribution in [0.15, 0.2) is 47.6 Å². The Balaban J connectivity index is 2.24. The number of anilines is 1. The molecule has 23 heavy (non-hydrogen) atoms. The molecule has 0 aliphatic rings. The lowest BCUT2D eigenvalue weighted by molar-refractivity contribution is -0.384. The predicted molar refractivity (Wildman–Crippen MR) is 80.8 cm³/mol. The standard InChI is InChI=1S/C14H9ClF3N3O2/c15-11-3-1-2-9(6-11)8-19-20-12-5-4-10(14(16,17)18)7-13(12)21(22)23/h1-8,20H/b19-8-. The number of benzene rings is 2. The highest BCUT2D eigenvalue weighted by Crippen LogP contribution is 2.34. The van der Waals surface area contributed by atoms with Gasteiger partial charge in [-0.3, -0.25) is 15.5 Å². The Morgan fingerprint density at radius 2 is 1.96 bits per heavy atom. The van der Waals surface area contributed by atoms with E-state index in [1.807, 2.05) is 0 Å². The van der Waals surface area contributed by atoms with Crippen LogP contribution in [-0.2, 0) is 6.18 Å². The van der Waals surface area contributed by atoms with Crippen LogP contribution in [0.1, 0.15) is 11.1 Å². The van der Waals surface area contributed by atoms with Crippen molar-refractivity contribution in [2.45, 2.75) is 6.18 Å². The molecule has 0 atom stereocenters. The van der Waals surface area contributed by atoms with Crippen molar-refractivity contribution in [1.29, 1.82) is 0 Å². The molecule has 2 aromatic carbocycles. The van der Waals surface area contributed by atoms with E-state index in [2.05, 4.69) is 10.5 Å². The number of nitro benzene ring substituents is 1. The van der Waals surface area contributed by atoms with Gasteiger partial charge in [0, 0.05) is 11.1 Å². The van der Waals surface area contributed by atoms with Crippen molar-refractivity contribution in [2.75, 3.05) is 5.43 Å². The molecule has 0 unspecified atom stereocenters. The van der Waals surface area contributed by atoms with E-state index in [-0.39, 0.29) is 5.69 Å². The van der Waals surface area contributed by atoms with Crippen LogP contribution in [0.5, 0.6) is 0 Å². The van der Waals surface area contributed by atoms with Gasteiger partial charge in [0.25, 0.3) is 5.69 Å². The number of hydrogen-bond donors (Lipinski definition) is 1. The first-order chi connectivity index (χ1) is 10.8. The summed E-state index contributed by atoms with van der Waals surface area (Å²) in [6, 6.07) is 8.79. The summed E-state index contributed by atoms with van der Waals surface area (Å²) in [7, 11) is 0. The minimum Gasteiger partial charge on any atom is -0.272 e. The number of nitrogens with zero attached hydrogens (tertiary/aromatic N) is 2. The van der Waals surface area contributed by atoms with E-state index in [4.69, 9.17) is 11.6 Å². The minimum absolute atomic E-state index is 0.152. The Morgan fingerprint density at radius 1 is 1.22 bits per heavy atom. The minimum atomic E-state index is -4.66. The largest absolute Gasteiger partial charge is 0.416 e. The number of hydrazone groups is 1. The van der Waals surface area contributed by atoms with E-state index in [0.717, 1.165) is 12.1 Å². The van der Waals surface area contributed by atoms with Gasteiger partial charge in [0.05, 0.1) is 16.7 Å². The van der Waals surface area contributed by atoms with Crippen molar-refractivity contribution < 1.29 is 18.1 Å². The number of hydrogen-bond acceptors (Lipinski definition) is 4. The first kappa shape index (κ1) is 16.8. The summed E-state index contributed by atoms with van der Waals surface area (Å²) in [5, 5.41) is 15.2. The second kappa shape index (κ2) is 6.66. The Kier molecular flexibility index (Phi) is 4.85. The van der Waals surface area contributed by atoms with E-state index in [0.29, 0.717) is 16.7 Å². The summed E-state index contributed by atoms with van der Waals surface area (Å²) in [6.45, 7) is 0. The molecular weight excluding hydrogens is 335 g/mol. The van der Waals surface area contributed by atoms with Crippen molar-refractivity contribution in [3.05, 3.63) is 68.7 Å². The van der Waals surface area contributed by atoms with Gasteiger partial charge in [0.2, 0.25) is 0 Å². The molecule has 9 heteroatoms. The third-order valence-corrected chi connectivity index (χ3v) is 3.00. The quantitative estimate of drug-likeness (QED) is 0.496. The average molecular weight is 344 g/mol. The highest BCUT2D eigenvalue weighted by molar-refractivity contribution is 6.30. The maximum Gasteiger partial charge on any atom is 0.416 e. The van der Waals surface area contributed by atoms with E-state index in [1.165, 1.54) is 6.21 Å². The van der Waals surface area contributed by atoms with Gasteiger partial charge >= 0.3 is 6.18 Å². The number of rotatable bonds is 4. The van der Waals surface area contributed by atoms with Crippen LogP contribution in [0.4, 0.5) is 24.5 Å². The zero-order valence-corrected chi connectivity index (χ0v) is 12.1. The van der Waals surface area contributed by atoms with E-state index >= 15 is 0 Å². The molecule has 0 saturated heterocycles. The van der Waals surface area contributed by atoms with Crippen LogP contribution in [0, 0.1) is 10.1 Å². The van der Waals surface area contributed by atoms with E-state index in [9.17, 15) is 23.3 Å². The molecule has 0 radical (unpaired) electrons. The molecule has 0 aliphatic heterocycles. The molecular formula is C14H9ClF3N3O2. The summed E-state index contributed by atoms with van der Waals surface area (Å²) >= 11 is 5.79. The molecule has 0 bridgehead atoms. The lowest BCUT2D eigenvalue weighted by Crippen LogP contribution is -2.06. The molecule has 0 heterocycles. The Morgan fingerprint density at radius 3 is 2.57 bits per heavy atom. The summed E-state index contributed by atoms with van der Waals surface area (Å²) in [4.78, 5) is 10.00. The van der Waals surface area contributed by atoms with Crippen molar-refractivity contribution in [3.63, 3.8) is 0 Å². The molecule has 0 amide bonds. The Hall–Kier alpha value is -2.61. The van der Waals surface area contributed by atoms with Crippen LogP contribution >= 0.6 is 11.6 Å². The molecule has 0 fully saturated rings.